The molecule has 124 valence electrons. The standard InChI is InChI=1S/C20H28N2O/c1-21(2)14-19(20(23)8-5-4-6-9-20)13-16-11-15-7-10-22(3)18(15)12-17(16)19/h7,10-12,23H,4-6,8-9,13-14H2,1-3H3. The maximum absolute atomic E-state index is 11.6. The third-order valence-corrected chi connectivity index (χ3v) is 6.28. The van der Waals surface area contributed by atoms with Crippen LogP contribution in [0.25, 0.3) is 10.9 Å². The molecule has 1 aromatic carbocycles. The van der Waals surface area contributed by atoms with Crippen molar-refractivity contribution in [1.82, 2.24) is 9.47 Å². The fourth-order valence-electron chi connectivity index (χ4n) is 5.13. The molecule has 0 saturated heterocycles. The molecule has 4 rings (SSSR count). The van der Waals surface area contributed by atoms with E-state index in [-0.39, 0.29) is 5.41 Å². The molecule has 0 spiro atoms. The van der Waals surface area contributed by atoms with Crippen LogP contribution < -0.4 is 0 Å². The van der Waals surface area contributed by atoms with Crippen molar-refractivity contribution in [3.8, 4) is 0 Å². The van der Waals surface area contributed by atoms with E-state index in [9.17, 15) is 5.11 Å². The average molecular weight is 312 g/mol. The zero-order valence-corrected chi connectivity index (χ0v) is 14.6. The molecule has 1 N–H and O–H groups in total. The van der Waals surface area contributed by atoms with Gasteiger partial charge in [-0.25, -0.2) is 0 Å². The fourth-order valence-corrected chi connectivity index (χ4v) is 5.13. The van der Waals surface area contributed by atoms with E-state index in [2.05, 4.69) is 55.0 Å². The number of likely N-dealkylation sites (N-methyl/N-ethyl adjacent to an activating group) is 1. The van der Waals surface area contributed by atoms with E-state index in [0.717, 1.165) is 38.6 Å². The second-order valence-corrected chi connectivity index (χ2v) is 8.08. The van der Waals surface area contributed by atoms with Gasteiger partial charge in [0.2, 0.25) is 0 Å². The van der Waals surface area contributed by atoms with E-state index >= 15 is 0 Å². The highest BCUT2D eigenvalue weighted by molar-refractivity contribution is 5.83. The van der Waals surface area contributed by atoms with E-state index in [4.69, 9.17) is 0 Å². The Kier molecular flexibility index (Phi) is 3.37. The van der Waals surface area contributed by atoms with Crippen LogP contribution in [-0.2, 0) is 18.9 Å². The summed E-state index contributed by atoms with van der Waals surface area (Å²) in [5.74, 6) is 0. The highest BCUT2D eigenvalue weighted by Crippen LogP contribution is 2.54. The molecule has 2 aromatic rings. The number of nitrogens with zero attached hydrogens (tertiary/aromatic N) is 2. The predicted molar refractivity (Wildman–Crippen MR) is 94.9 cm³/mol. The molecule has 1 fully saturated rings. The third kappa shape index (κ3) is 2.10. The summed E-state index contributed by atoms with van der Waals surface area (Å²) in [6, 6.07) is 6.88. The maximum atomic E-state index is 11.6. The molecule has 3 nitrogen and oxygen atoms in total. The molecule has 1 aromatic heterocycles. The first kappa shape index (κ1) is 15.2. The van der Waals surface area contributed by atoms with Gasteiger partial charge in [-0.3, -0.25) is 0 Å². The highest BCUT2D eigenvalue weighted by atomic mass is 16.3. The van der Waals surface area contributed by atoms with Crippen LogP contribution in [0.15, 0.2) is 24.4 Å². The second kappa shape index (κ2) is 5.09. The van der Waals surface area contributed by atoms with Gasteiger partial charge in [-0.1, -0.05) is 19.3 Å². The van der Waals surface area contributed by atoms with Crippen LogP contribution in [0.2, 0.25) is 0 Å². The molecule has 23 heavy (non-hydrogen) atoms. The van der Waals surface area contributed by atoms with Gasteiger partial charge in [0.1, 0.15) is 0 Å². The van der Waals surface area contributed by atoms with Gasteiger partial charge in [0, 0.05) is 30.7 Å². The minimum Gasteiger partial charge on any atom is -0.389 e. The minimum atomic E-state index is -0.540. The van der Waals surface area contributed by atoms with E-state index in [1.165, 1.54) is 28.5 Å². The first-order valence-corrected chi connectivity index (χ1v) is 8.91. The van der Waals surface area contributed by atoms with Gasteiger partial charge in [0.05, 0.1) is 5.60 Å². The lowest BCUT2D eigenvalue weighted by Gasteiger charge is -2.57. The number of aromatic nitrogens is 1. The third-order valence-electron chi connectivity index (χ3n) is 6.28. The Morgan fingerprint density at radius 3 is 2.61 bits per heavy atom. The number of hydrogen-bond acceptors (Lipinski definition) is 2. The molecule has 0 bridgehead atoms. The molecule has 3 heteroatoms. The molecular formula is C20H28N2O. The predicted octanol–water partition coefficient (Wildman–Crippen LogP) is 3.23. The zero-order chi connectivity index (χ0) is 16.2. The second-order valence-electron chi connectivity index (χ2n) is 8.08. The van der Waals surface area contributed by atoms with Crippen molar-refractivity contribution in [3.63, 3.8) is 0 Å². The van der Waals surface area contributed by atoms with Gasteiger partial charge in [0.15, 0.2) is 0 Å². The van der Waals surface area contributed by atoms with E-state index < -0.39 is 5.60 Å². The van der Waals surface area contributed by atoms with Gasteiger partial charge < -0.3 is 14.6 Å². The Morgan fingerprint density at radius 2 is 1.91 bits per heavy atom. The Bertz CT molecular complexity index is 739. The Labute approximate surface area is 138 Å². The van der Waals surface area contributed by atoms with Crippen LogP contribution in [0, 0.1) is 0 Å². The molecular weight excluding hydrogens is 284 g/mol. The lowest BCUT2D eigenvalue weighted by Crippen LogP contribution is -2.63. The smallest absolute Gasteiger partial charge is 0.0759 e. The van der Waals surface area contributed by atoms with Crippen LogP contribution in [0.1, 0.15) is 43.2 Å². The summed E-state index contributed by atoms with van der Waals surface area (Å²) in [6.45, 7) is 0.937. The van der Waals surface area contributed by atoms with Crippen molar-refractivity contribution in [2.45, 2.75) is 49.5 Å². The molecule has 1 unspecified atom stereocenters. The van der Waals surface area contributed by atoms with E-state index in [1.807, 2.05) is 0 Å². The Balaban J connectivity index is 1.85. The van der Waals surface area contributed by atoms with E-state index in [0.29, 0.717) is 0 Å². The summed E-state index contributed by atoms with van der Waals surface area (Å²) >= 11 is 0. The molecule has 1 saturated carbocycles. The summed E-state index contributed by atoms with van der Waals surface area (Å²) in [6.07, 6.45) is 8.64. The first-order chi connectivity index (χ1) is 11.0. The fraction of sp³-hybridized carbons (Fsp3) is 0.600. The van der Waals surface area contributed by atoms with Gasteiger partial charge in [-0.2, -0.15) is 0 Å². The summed E-state index contributed by atoms with van der Waals surface area (Å²) in [7, 11) is 6.37. The first-order valence-electron chi connectivity index (χ1n) is 8.91. The van der Waals surface area contributed by atoms with Crippen molar-refractivity contribution in [1.29, 1.82) is 0 Å². The van der Waals surface area contributed by atoms with Crippen LogP contribution >= 0.6 is 0 Å². The maximum Gasteiger partial charge on any atom is 0.0759 e. The van der Waals surface area contributed by atoms with Crippen molar-refractivity contribution >= 4 is 10.9 Å². The van der Waals surface area contributed by atoms with Gasteiger partial charge in [-0.15, -0.1) is 0 Å². The quantitative estimate of drug-likeness (QED) is 0.942. The topological polar surface area (TPSA) is 28.4 Å². The molecule has 1 atom stereocenters. The monoisotopic (exact) mass is 312 g/mol. The zero-order valence-electron chi connectivity index (χ0n) is 14.6. The summed E-state index contributed by atoms with van der Waals surface area (Å²) in [5, 5.41) is 12.9. The van der Waals surface area contributed by atoms with Crippen LogP contribution in [0.4, 0.5) is 0 Å². The largest absolute Gasteiger partial charge is 0.389 e. The van der Waals surface area contributed by atoms with Crippen LogP contribution in [0.5, 0.6) is 0 Å². The molecule has 0 aliphatic heterocycles. The molecule has 2 aliphatic carbocycles. The lowest BCUT2D eigenvalue weighted by molar-refractivity contribution is -0.0868. The Morgan fingerprint density at radius 1 is 1.17 bits per heavy atom. The number of benzene rings is 1. The van der Waals surface area contributed by atoms with Crippen molar-refractivity contribution in [2.24, 2.45) is 7.05 Å². The van der Waals surface area contributed by atoms with Gasteiger partial charge >= 0.3 is 0 Å². The van der Waals surface area contributed by atoms with Crippen molar-refractivity contribution < 1.29 is 5.11 Å². The summed E-state index contributed by atoms with van der Waals surface area (Å²) < 4.78 is 2.19. The van der Waals surface area contributed by atoms with Crippen LogP contribution in [0.3, 0.4) is 0 Å². The minimum absolute atomic E-state index is 0.0925. The average Bonchev–Trinajstić information content (AvgIpc) is 2.85. The molecule has 0 amide bonds. The molecule has 2 aliphatic rings. The van der Waals surface area contributed by atoms with E-state index in [1.54, 1.807) is 0 Å². The van der Waals surface area contributed by atoms with Crippen LogP contribution in [-0.4, -0.2) is 40.8 Å². The lowest BCUT2D eigenvalue weighted by atomic mass is 9.52. The number of hydrogen-bond donors (Lipinski definition) is 1. The number of rotatable bonds is 3. The number of aliphatic hydroxyl groups is 1. The molecule has 1 heterocycles. The van der Waals surface area contributed by atoms with Crippen molar-refractivity contribution in [3.05, 3.63) is 35.5 Å². The van der Waals surface area contributed by atoms with Gasteiger partial charge in [-0.05, 0) is 68.1 Å². The SMILES string of the molecule is CN(C)CC1(C2(O)CCCCC2)Cc2cc3ccn(C)c3cc21. The molecule has 0 radical (unpaired) electrons. The van der Waals surface area contributed by atoms with Crippen molar-refractivity contribution in [2.75, 3.05) is 20.6 Å². The van der Waals surface area contributed by atoms with Gasteiger partial charge in [0.25, 0.3) is 0 Å². The highest BCUT2D eigenvalue weighted by Gasteiger charge is 2.57. The number of aryl methyl sites for hydroxylation is 1. The Hall–Kier alpha value is -1.32. The summed E-state index contributed by atoms with van der Waals surface area (Å²) in [4.78, 5) is 2.25. The number of fused-ring (bicyclic) bond motifs is 2. The summed E-state index contributed by atoms with van der Waals surface area (Å²) in [5.41, 5.74) is 3.48. The normalized spacial score (nSPS) is 26.3.